The number of aliphatic hydroxyl groups excluding tert-OH is 1. The number of aryl methyl sites for hydroxylation is 1. The van der Waals surface area contributed by atoms with Crippen LogP contribution in [-0.2, 0) is 20.9 Å². The first-order chi connectivity index (χ1) is 15.3. The van der Waals surface area contributed by atoms with Gasteiger partial charge in [0, 0.05) is 51.5 Å². The van der Waals surface area contributed by atoms with Crippen molar-refractivity contribution in [3.05, 3.63) is 29.3 Å². The number of carbonyl (C=O) groups is 2. The molecular weight excluding hydrogens is 416 g/mol. The molecule has 1 aliphatic rings. The molecule has 4 N–H and O–H groups in total. The molecule has 0 aromatic heterocycles. The van der Waals surface area contributed by atoms with Crippen LogP contribution in [0.1, 0.15) is 24.5 Å². The number of anilines is 1. The Morgan fingerprint density at radius 3 is 2.47 bits per heavy atom. The fourth-order valence-electron chi connectivity index (χ4n) is 3.25. The molecule has 0 amide bonds. The molecular formula is C22H34N4O6. The summed E-state index contributed by atoms with van der Waals surface area (Å²) in [5.74, 6) is -3.65. The number of benzene rings is 1. The predicted octanol–water partition coefficient (Wildman–Crippen LogP) is 0.673. The number of carboxylic acid groups (broad SMARTS) is 2. The van der Waals surface area contributed by atoms with Gasteiger partial charge in [0.2, 0.25) is 0 Å². The van der Waals surface area contributed by atoms with Gasteiger partial charge in [0.1, 0.15) is 0 Å². The lowest BCUT2D eigenvalue weighted by Crippen LogP contribution is -2.43. The fourth-order valence-corrected chi connectivity index (χ4v) is 3.25. The van der Waals surface area contributed by atoms with Crippen molar-refractivity contribution in [2.24, 2.45) is 0 Å². The smallest absolute Gasteiger partial charge is 0.414 e. The number of nitriles is 1. The number of rotatable bonds is 10. The van der Waals surface area contributed by atoms with Gasteiger partial charge in [-0.2, -0.15) is 5.26 Å². The van der Waals surface area contributed by atoms with E-state index < -0.39 is 11.9 Å². The summed E-state index contributed by atoms with van der Waals surface area (Å²) in [7, 11) is 0. The molecule has 0 bridgehead atoms. The zero-order chi connectivity index (χ0) is 23.9. The van der Waals surface area contributed by atoms with E-state index in [-0.39, 0.29) is 6.10 Å². The normalized spacial score (nSPS) is 14.6. The first-order valence-corrected chi connectivity index (χ1v) is 10.6. The van der Waals surface area contributed by atoms with Gasteiger partial charge in [-0.3, -0.25) is 4.90 Å². The standard InChI is InChI=1S/C20H32N4O2.C2H2O4/c1-3-24(8-4-7-21)19-6-5-18(17(2)13-19)14-22-15-20(25)16-23-9-11-26-12-10-23;3-1(4)2(5)6/h5-6,13,20,22,25H,3-4,8-12,14-16H2,1-2H3;(H,3,4)(H,5,6). The maximum atomic E-state index is 10.2. The summed E-state index contributed by atoms with van der Waals surface area (Å²) in [6.07, 6.45) is 0.172. The number of ether oxygens (including phenoxy) is 1. The minimum atomic E-state index is -1.82. The number of nitrogens with one attached hydrogen (secondary N) is 1. The Morgan fingerprint density at radius 1 is 1.28 bits per heavy atom. The van der Waals surface area contributed by atoms with Gasteiger partial charge in [0.05, 0.1) is 31.8 Å². The summed E-state index contributed by atoms with van der Waals surface area (Å²) >= 11 is 0. The highest BCUT2D eigenvalue weighted by Crippen LogP contribution is 2.19. The van der Waals surface area contributed by atoms with Crippen LogP contribution in [0.4, 0.5) is 5.69 Å². The van der Waals surface area contributed by atoms with Crippen molar-refractivity contribution in [2.75, 3.05) is 57.4 Å². The second-order valence-electron chi connectivity index (χ2n) is 7.41. The van der Waals surface area contributed by atoms with Gasteiger partial charge >= 0.3 is 11.9 Å². The summed E-state index contributed by atoms with van der Waals surface area (Å²) in [6, 6.07) is 8.65. The molecule has 1 aromatic rings. The molecule has 32 heavy (non-hydrogen) atoms. The molecule has 1 atom stereocenters. The summed E-state index contributed by atoms with van der Waals surface area (Å²) in [6.45, 7) is 11.2. The second kappa shape index (κ2) is 15.2. The summed E-state index contributed by atoms with van der Waals surface area (Å²) in [5.41, 5.74) is 3.63. The summed E-state index contributed by atoms with van der Waals surface area (Å²) < 4.78 is 5.33. The minimum Gasteiger partial charge on any atom is -0.473 e. The van der Waals surface area contributed by atoms with Gasteiger partial charge in [-0.1, -0.05) is 6.07 Å². The molecule has 178 valence electrons. The molecule has 1 aromatic carbocycles. The molecule has 0 spiro atoms. The minimum absolute atomic E-state index is 0.366. The van der Waals surface area contributed by atoms with Crippen LogP contribution >= 0.6 is 0 Å². The Hall–Kier alpha value is -2.71. The highest BCUT2D eigenvalue weighted by molar-refractivity contribution is 6.27. The van der Waals surface area contributed by atoms with Crippen LogP contribution < -0.4 is 10.2 Å². The van der Waals surface area contributed by atoms with Crippen molar-refractivity contribution < 1.29 is 29.6 Å². The maximum absolute atomic E-state index is 10.2. The van der Waals surface area contributed by atoms with Gasteiger partial charge in [0.25, 0.3) is 0 Å². The van der Waals surface area contributed by atoms with Crippen molar-refractivity contribution in [1.29, 1.82) is 5.26 Å². The first kappa shape index (κ1) is 27.3. The van der Waals surface area contributed by atoms with E-state index in [0.717, 1.165) is 51.6 Å². The van der Waals surface area contributed by atoms with Crippen LogP contribution in [0.3, 0.4) is 0 Å². The molecule has 0 saturated carbocycles. The zero-order valence-electron chi connectivity index (χ0n) is 18.8. The lowest BCUT2D eigenvalue weighted by Gasteiger charge is -2.28. The monoisotopic (exact) mass is 450 g/mol. The van der Waals surface area contributed by atoms with Crippen molar-refractivity contribution in [2.45, 2.75) is 32.9 Å². The molecule has 1 fully saturated rings. The van der Waals surface area contributed by atoms with Crippen LogP contribution in [0.25, 0.3) is 0 Å². The van der Waals surface area contributed by atoms with Crippen LogP contribution in [0.15, 0.2) is 18.2 Å². The number of aliphatic hydroxyl groups is 1. The van der Waals surface area contributed by atoms with Crippen LogP contribution in [0, 0.1) is 18.3 Å². The largest absolute Gasteiger partial charge is 0.473 e. The Labute approximate surface area is 189 Å². The van der Waals surface area contributed by atoms with Crippen molar-refractivity contribution in [3.8, 4) is 6.07 Å². The Balaban J connectivity index is 0.000000751. The molecule has 1 unspecified atom stereocenters. The van der Waals surface area contributed by atoms with Gasteiger partial charge in [-0.25, -0.2) is 9.59 Å². The van der Waals surface area contributed by atoms with Gasteiger partial charge in [0.15, 0.2) is 0 Å². The lowest BCUT2D eigenvalue weighted by atomic mass is 10.1. The number of aliphatic carboxylic acids is 2. The van der Waals surface area contributed by atoms with E-state index in [1.807, 2.05) is 0 Å². The van der Waals surface area contributed by atoms with E-state index >= 15 is 0 Å². The highest BCUT2D eigenvalue weighted by Gasteiger charge is 2.14. The molecule has 0 aliphatic carbocycles. The van der Waals surface area contributed by atoms with Crippen LogP contribution in [-0.4, -0.2) is 90.7 Å². The molecule has 2 rings (SSSR count). The quantitative estimate of drug-likeness (QED) is 0.375. The van der Waals surface area contributed by atoms with Gasteiger partial charge in [-0.05, 0) is 37.1 Å². The SMILES string of the molecule is CCN(CCC#N)c1ccc(CNCC(O)CN2CCOCC2)c(C)c1.O=C(O)C(=O)O. The average Bonchev–Trinajstić information content (AvgIpc) is 2.76. The highest BCUT2D eigenvalue weighted by atomic mass is 16.5. The van der Waals surface area contributed by atoms with E-state index in [9.17, 15) is 5.11 Å². The summed E-state index contributed by atoms with van der Waals surface area (Å²) in [4.78, 5) is 22.7. The van der Waals surface area contributed by atoms with Crippen molar-refractivity contribution in [3.63, 3.8) is 0 Å². The number of hydrogen-bond acceptors (Lipinski definition) is 8. The molecule has 0 radical (unpaired) electrons. The number of β-amino-alcohol motifs (C(OH)–C–C–N with tert-alkyl or cyclic N) is 1. The third-order valence-corrected chi connectivity index (χ3v) is 5.02. The van der Waals surface area contributed by atoms with E-state index in [0.29, 0.717) is 19.5 Å². The van der Waals surface area contributed by atoms with Crippen LogP contribution in [0.5, 0.6) is 0 Å². The number of morpholine rings is 1. The Kier molecular flexibility index (Phi) is 12.9. The number of hydrogen-bond donors (Lipinski definition) is 4. The topological polar surface area (TPSA) is 146 Å². The third-order valence-electron chi connectivity index (χ3n) is 5.02. The van der Waals surface area contributed by atoms with E-state index in [2.05, 4.69) is 53.2 Å². The van der Waals surface area contributed by atoms with E-state index in [4.69, 9.17) is 29.8 Å². The third kappa shape index (κ3) is 10.5. The summed E-state index contributed by atoms with van der Waals surface area (Å²) in [5, 5.41) is 37.1. The molecule has 1 heterocycles. The predicted molar refractivity (Wildman–Crippen MR) is 120 cm³/mol. The Morgan fingerprint density at radius 2 is 1.94 bits per heavy atom. The zero-order valence-corrected chi connectivity index (χ0v) is 18.8. The average molecular weight is 451 g/mol. The molecule has 1 saturated heterocycles. The second-order valence-corrected chi connectivity index (χ2v) is 7.41. The molecule has 10 nitrogen and oxygen atoms in total. The molecule has 1 aliphatic heterocycles. The Bertz CT molecular complexity index is 749. The van der Waals surface area contributed by atoms with Gasteiger partial charge in [-0.15, -0.1) is 0 Å². The first-order valence-electron chi connectivity index (χ1n) is 10.6. The van der Waals surface area contributed by atoms with Gasteiger partial charge < -0.3 is 30.3 Å². The lowest BCUT2D eigenvalue weighted by molar-refractivity contribution is -0.159. The van der Waals surface area contributed by atoms with E-state index in [1.165, 1.54) is 11.1 Å². The maximum Gasteiger partial charge on any atom is 0.414 e. The van der Waals surface area contributed by atoms with E-state index in [1.54, 1.807) is 0 Å². The van der Waals surface area contributed by atoms with Crippen LogP contribution in [0.2, 0.25) is 0 Å². The fraction of sp³-hybridized carbons (Fsp3) is 0.591. The number of carboxylic acids is 2. The number of nitrogens with zero attached hydrogens (tertiary/aromatic N) is 3. The van der Waals surface area contributed by atoms with Crippen molar-refractivity contribution in [1.82, 2.24) is 10.2 Å². The van der Waals surface area contributed by atoms with Crippen molar-refractivity contribution >= 4 is 17.6 Å². The molecule has 10 heteroatoms.